The molecule has 0 unspecified atom stereocenters. The normalized spacial score (nSPS) is 21.3. The van der Waals surface area contributed by atoms with Crippen LogP contribution in [-0.4, -0.2) is 38.4 Å². The number of hydrogen-bond donors (Lipinski definition) is 1. The van der Waals surface area contributed by atoms with E-state index in [4.69, 9.17) is 9.47 Å². The molecular weight excluding hydrogens is 194 g/mol. The summed E-state index contributed by atoms with van der Waals surface area (Å²) in [5, 5.41) is 3.16. The minimum atomic E-state index is -0.130. The Labute approximate surface area is 91.3 Å². The van der Waals surface area contributed by atoms with E-state index >= 15 is 0 Å². The van der Waals surface area contributed by atoms with Gasteiger partial charge in [0.25, 0.3) is 0 Å². The lowest BCUT2D eigenvalue weighted by molar-refractivity contribution is -0.148. The van der Waals surface area contributed by atoms with E-state index in [-0.39, 0.29) is 12.0 Å². The number of carbonyl (C=O) groups excluding carboxylic acids is 1. The van der Waals surface area contributed by atoms with Crippen LogP contribution >= 0.6 is 0 Å². The van der Waals surface area contributed by atoms with Gasteiger partial charge in [-0.2, -0.15) is 0 Å². The van der Waals surface area contributed by atoms with E-state index in [9.17, 15) is 4.79 Å². The Hall–Kier alpha value is -0.610. The van der Waals surface area contributed by atoms with Gasteiger partial charge in [0.1, 0.15) is 12.6 Å². The first kappa shape index (κ1) is 12.5. The van der Waals surface area contributed by atoms with Crippen LogP contribution in [0.2, 0.25) is 0 Å². The van der Waals surface area contributed by atoms with E-state index in [0.29, 0.717) is 13.2 Å². The van der Waals surface area contributed by atoms with Crippen LogP contribution in [0.5, 0.6) is 0 Å². The van der Waals surface area contributed by atoms with Crippen molar-refractivity contribution >= 4 is 5.97 Å². The number of esters is 1. The molecular formula is C11H21NO3. The third-order valence-corrected chi connectivity index (χ3v) is 2.42. The van der Waals surface area contributed by atoms with Crippen molar-refractivity contribution in [2.24, 2.45) is 0 Å². The highest BCUT2D eigenvalue weighted by atomic mass is 16.6. The van der Waals surface area contributed by atoms with Gasteiger partial charge in [-0.3, -0.25) is 4.79 Å². The van der Waals surface area contributed by atoms with Gasteiger partial charge < -0.3 is 14.8 Å². The third kappa shape index (κ3) is 5.14. The highest BCUT2D eigenvalue weighted by molar-refractivity contribution is 5.75. The molecule has 1 fully saturated rings. The van der Waals surface area contributed by atoms with Crippen molar-refractivity contribution in [1.82, 2.24) is 5.32 Å². The summed E-state index contributed by atoms with van der Waals surface area (Å²) in [5.74, 6) is -0.130. The maximum absolute atomic E-state index is 11.5. The zero-order chi connectivity index (χ0) is 10.9. The number of hydrogen-bond acceptors (Lipinski definition) is 4. The second kappa shape index (κ2) is 7.65. The molecule has 0 aliphatic carbocycles. The summed E-state index contributed by atoms with van der Waals surface area (Å²) < 4.78 is 10.3. The maximum Gasteiger partial charge on any atom is 0.323 e. The smallest absolute Gasteiger partial charge is 0.323 e. The maximum atomic E-state index is 11.5. The van der Waals surface area contributed by atoms with E-state index in [0.717, 1.165) is 38.8 Å². The van der Waals surface area contributed by atoms with Gasteiger partial charge in [0.15, 0.2) is 0 Å². The van der Waals surface area contributed by atoms with Crippen LogP contribution in [0.15, 0.2) is 0 Å². The number of carbonyl (C=O) groups is 1. The lowest BCUT2D eigenvalue weighted by Crippen LogP contribution is -2.41. The number of rotatable bonds is 6. The van der Waals surface area contributed by atoms with Crippen molar-refractivity contribution in [2.75, 3.05) is 26.4 Å². The molecule has 0 spiro atoms. The van der Waals surface area contributed by atoms with E-state index in [1.165, 1.54) is 0 Å². The number of nitrogens with one attached hydrogen (secondary N) is 1. The summed E-state index contributed by atoms with van der Waals surface area (Å²) in [5.41, 5.74) is 0. The van der Waals surface area contributed by atoms with Gasteiger partial charge in [0.2, 0.25) is 0 Å². The van der Waals surface area contributed by atoms with Crippen LogP contribution in [0.3, 0.4) is 0 Å². The Balaban J connectivity index is 2.02. The molecule has 0 saturated carbocycles. The van der Waals surface area contributed by atoms with Crippen LogP contribution in [0, 0.1) is 0 Å². The topological polar surface area (TPSA) is 47.6 Å². The molecule has 1 atom stereocenters. The average Bonchev–Trinajstić information content (AvgIpc) is 2.30. The number of ether oxygens (including phenoxy) is 2. The minimum Gasteiger partial charge on any atom is -0.462 e. The summed E-state index contributed by atoms with van der Waals surface area (Å²) in [7, 11) is 0. The van der Waals surface area contributed by atoms with Crippen molar-refractivity contribution in [2.45, 2.75) is 38.6 Å². The first-order valence-electron chi connectivity index (χ1n) is 5.82. The van der Waals surface area contributed by atoms with E-state index < -0.39 is 0 Å². The Morgan fingerprint density at radius 3 is 2.87 bits per heavy atom. The monoisotopic (exact) mass is 215 g/mol. The second-order valence-electron chi connectivity index (χ2n) is 3.78. The van der Waals surface area contributed by atoms with E-state index in [2.05, 4.69) is 12.2 Å². The van der Waals surface area contributed by atoms with Gasteiger partial charge in [-0.1, -0.05) is 13.3 Å². The number of piperidine rings is 1. The Kier molecular flexibility index (Phi) is 6.36. The van der Waals surface area contributed by atoms with E-state index in [1.54, 1.807) is 0 Å². The van der Waals surface area contributed by atoms with Crippen LogP contribution in [-0.2, 0) is 14.3 Å². The van der Waals surface area contributed by atoms with Crippen molar-refractivity contribution in [3.05, 3.63) is 0 Å². The SMILES string of the molecule is CCCOCCOC(=O)[C@H]1CCCCN1. The van der Waals surface area contributed by atoms with Crippen LogP contribution < -0.4 is 5.32 Å². The van der Waals surface area contributed by atoms with Crippen LogP contribution in [0.4, 0.5) is 0 Å². The fraction of sp³-hybridized carbons (Fsp3) is 0.909. The first-order chi connectivity index (χ1) is 7.34. The molecule has 0 aromatic carbocycles. The van der Waals surface area contributed by atoms with Crippen molar-refractivity contribution < 1.29 is 14.3 Å². The molecule has 1 rings (SSSR count). The summed E-state index contributed by atoms with van der Waals surface area (Å²) in [4.78, 5) is 11.5. The Morgan fingerprint density at radius 2 is 2.20 bits per heavy atom. The van der Waals surface area contributed by atoms with Gasteiger partial charge in [0, 0.05) is 6.61 Å². The Bertz CT molecular complexity index is 179. The summed E-state index contributed by atoms with van der Waals surface area (Å²) in [6.07, 6.45) is 4.16. The molecule has 1 saturated heterocycles. The largest absolute Gasteiger partial charge is 0.462 e. The van der Waals surface area contributed by atoms with Gasteiger partial charge in [-0.25, -0.2) is 0 Å². The molecule has 1 aliphatic rings. The van der Waals surface area contributed by atoms with Gasteiger partial charge in [0.05, 0.1) is 6.61 Å². The second-order valence-corrected chi connectivity index (χ2v) is 3.78. The summed E-state index contributed by atoms with van der Waals surface area (Å²) >= 11 is 0. The predicted octanol–water partition coefficient (Wildman–Crippen LogP) is 1.10. The lowest BCUT2D eigenvalue weighted by Gasteiger charge is -2.21. The third-order valence-electron chi connectivity index (χ3n) is 2.42. The molecule has 1 N–H and O–H groups in total. The molecule has 15 heavy (non-hydrogen) atoms. The quantitative estimate of drug-likeness (QED) is 0.532. The van der Waals surface area contributed by atoms with Gasteiger partial charge >= 0.3 is 5.97 Å². The van der Waals surface area contributed by atoms with Gasteiger partial charge in [-0.05, 0) is 25.8 Å². The summed E-state index contributed by atoms with van der Waals surface area (Å²) in [6.45, 7) is 4.59. The Morgan fingerprint density at radius 1 is 1.33 bits per heavy atom. The zero-order valence-corrected chi connectivity index (χ0v) is 9.46. The predicted molar refractivity (Wildman–Crippen MR) is 57.7 cm³/mol. The lowest BCUT2D eigenvalue weighted by atomic mass is 10.1. The fourth-order valence-electron chi connectivity index (χ4n) is 1.60. The minimum absolute atomic E-state index is 0.0927. The fourth-order valence-corrected chi connectivity index (χ4v) is 1.60. The molecule has 88 valence electrons. The molecule has 0 aromatic heterocycles. The molecule has 4 heteroatoms. The van der Waals surface area contributed by atoms with Crippen molar-refractivity contribution in [3.8, 4) is 0 Å². The zero-order valence-electron chi connectivity index (χ0n) is 9.46. The highest BCUT2D eigenvalue weighted by Crippen LogP contribution is 2.07. The molecule has 0 radical (unpaired) electrons. The summed E-state index contributed by atoms with van der Waals surface area (Å²) in [6, 6.07) is -0.0927. The highest BCUT2D eigenvalue weighted by Gasteiger charge is 2.21. The molecule has 0 bridgehead atoms. The molecule has 0 aromatic rings. The molecule has 1 aliphatic heterocycles. The molecule has 0 amide bonds. The first-order valence-corrected chi connectivity index (χ1v) is 5.82. The standard InChI is InChI=1S/C11H21NO3/c1-2-7-14-8-9-15-11(13)10-5-3-4-6-12-10/h10,12H,2-9H2,1H3/t10-/m1/s1. The van der Waals surface area contributed by atoms with Gasteiger partial charge in [-0.15, -0.1) is 0 Å². The average molecular weight is 215 g/mol. The van der Waals surface area contributed by atoms with Crippen molar-refractivity contribution in [1.29, 1.82) is 0 Å². The molecule has 1 heterocycles. The van der Waals surface area contributed by atoms with Crippen molar-refractivity contribution in [3.63, 3.8) is 0 Å². The van der Waals surface area contributed by atoms with E-state index in [1.807, 2.05) is 0 Å². The van der Waals surface area contributed by atoms with Crippen LogP contribution in [0.25, 0.3) is 0 Å². The molecule has 4 nitrogen and oxygen atoms in total. The van der Waals surface area contributed by atoms with Crippen LogP contribution in [0.1, 0.15) is 32.6 Å².